The zero-order valence-electron chi connectivity index (χ0n) is 18.1. The molecule has 0 aliphatic carbocycles. The van der Waals surface area contributed by atoms with Crippen molar-refractivity contribution in [2.75, 3.05) is 7.11 Å². The number of methoxy groups -OCH3 is 1. The van der Waals surface area contributed by atoms with Gasteiger partial charge in [-0.1, -0.05) is 24.3 Å². The number of hydrogen-bond acceptors (Lipinski definition) is 4. The third-order valence-electron chi connectivity index (χ3n) is 5.76. The van der Waals surface area contributed by atoms with Crippen LogP contribution in [0.2, 0.25) is 0 Å². The van der Waals surface area contributed by atoms with Gasteiger partial charge in [-0.2, -0.15) is 5.10 Å². The fraction of sp³-hybridized carbons (Fsp3) is 0.240. The summed E-state index contributed by atoms with van der Waals surface area (Å²) < 4.78 is 23.2. The second kappa shape index (κ2) is 8.42. The predicted octanol–water partition coefficient (Wildman–Crippen LogP) is 5.02. The van der Waals surface area contributed by atoms with Gasteiger partial charge < -0.3 is 9.30 Å². The molecule has 0 bridgehead atoms. The Morgan fingerprint density at radius 1 is 1.16 bits per heavy atom. The number of fused-ring (bicyclic) bond motifs is 1. The minimum Gasteiger partial charge on any atom is -0.495 e. The van der Waals surface area contributed by atoms with Crippen LogP contribution in [0.15, 0.2) is 55.0 Å². The van der Waals surface area contributed by atoms with Gasteiger partial charge in [0.1, 0.15) is 17.4 Å². The topological polar surface area (TPSA) is 57.8 Å². The zero-order valence-corrected chi connectivity index (χ0v) is 18.1. The van der Waals surface area contributed by atoms with Crippen LogP contribution in [0.25, 0.3) is 17.8 Å². The Morgan fingerprint density at radius 2 is 2.06 bits per heavy atom. The summed E-state index contributed by atoms with van der Waals surface area (Å²) in [7, 11) is 1.66. The van der Waals surface area contributed by atoms with Crippen LogP contribution >= 0.6 is 0 Å². The first-order valence-corrected chi connectivity index (χ1v) is 10.7. The highest BCUT2D eigenvalue weighted by atomic mass is 19.1. The Hall–Kier alpha value is -3.74. The summed E-state index contributed by atoms with van der Waals surface area (Å²) in [6.07, 6.45) is 9.55. The maximum Gasteiger partial charge on any atom is 0.174 e. The van der Waals surface area contributed by atoms with Crippen molar-refractivity contribution in [1.82, 2.24) is 24.3 Å². The molecule has 32 heavy (non-hydrogen) atoms. The van der Waals surface area contributed by atoms with Crippen LogP contribution in [-0.2, 0) is 6.54 Å². The quantitative estimate of drug-likeness (QED) is 0.447. The van der Waals surface area contributed by atoms with E-state index in [1.54, 1.807) is 25.6 Å². The molecule has 1 atom stereocenters. The van der Waals surface area contributed by atoms with E-state index in [2.05, 4.69) is 10.1 Å². The lowest BCUT2D eigenvalue weighted by atomic mass is 9.91. The highest BCUT2D eigenvalue weighted by Crippen LogP contribution is 2.32. The number of nitrogens with zero attached hydrogens (tertiary/aromatic N) is 5. The molecule has 1 aliphatic heterocycles. The van der Waals surface area contributed by atoms with Crippen LogP contribution in [0.4, 0.5) is 4.39 Å². The third kappa shape index (κ3) is 3.93. The molecule has 5 rings (SSSR count). The highest BCUT2D eigenvalue weighted by Gasteiger charge is 2.25. The molecule has 6 nitrogen and oxygen atoms in total. The Kier molecular flexibility index (Phi) is 5.31. The van der Waals surface area contributed by atoms with E-state index in [0.717, 1.165) is 53.5 Å². The summed E-state index contributed by atoms with van der Waals surface area (Å²) in [5.41, 5.74) is 3.81. The molecule has 0 fully saturated rings. The Labute approximate surface area is 186 Å². The molecular weight excluding hydrogens is 405 g/mol. The zero-order chi connectivity index (χ0) is 22.1. The van der Waals surface area contributed by atoms with Gasteiger partial charge in [0.15, 0.2) is 5.82 Å². The van der Waals surface area contributed by atoms with Crippen molar-refractivity contribution in [3.05, 3.63) is 89.3 Å². The predicted molar refractivity (Wildman–Crippen MR) is 121 cm³/mol. The van der Waals surface area contributed by atoms with Gasteiger partial charge in [-0.05, 0) is 61.2 Å². The van der Waals surface area contributed by atoms with Gasteiger partial charge in [-0.25, -0.2) is 19.0 Å². The molecule has 0 amide bonds. The number of aryl methyl sites for hydroxylation is 2. The lowest BCUT2D eigenvalue weighted by Crippen LogP contribution is -2.18. The molecule has 0 saturated carbocycles. The average molecular weight is 429 g/mol. The van der Waals surface area contributed by atoms with E-state index in [1.165, 1.54) is 6.07 Å². The van der Waals surface area contributed by atoms with E-state index in [-0.39, 0.29) is 11.7 Å². The van der Waals surface area contributed by atoms with Gasteiger partial charge in [0.05, 0.1) is 24.8 Å². The number of rotatable bonds is 5. The number of halogens is 1. The van der Waals surface area contributed by atoms with Gasteiger partial charge >= 0.3 is 0 Å². The van der Waals surface area contributed by atoms with Crippen molar-refractivity contribution in [3.63, 3.8) is 0 Å². The molecular formula is C25H24FN5O. The molecule has 2 aromatic carbocycles. The van der Waals surface area contributed by atoms with E-state index in [4.69, 9.17) is 9.72 Å². The van der Waals surface area contributed by atoms with Gasteiger partial charge in [-0.3, -0.25) is 0 Å². The van der Waals surface area contributed by atoms with E-state index in [9.17, 15) is 4.39 Å². The van der Waals surface area contributed by atoms with Crippen LogP contribution in [-0.4, -0.2) is 31.4 Å². The average Bonchev–Trinajstić information content (AvgIpc) is 3.43. The minimum absolute atomic E-state index is 0.0621. The minimum atomic E-state index is -0.220. The highest BCUT2D eigenvalue weighted by molar-refractivity contribution is 5.69. The first-order chi connectivity index (χ1) is 15.6. The molecule has 0 radical (unpaired) electrons. The second-order valence-electron chi connectivity index (χ2n) is 7.99. The molecule has 2 aromatic heterocycles. The van der Waals surface area contributed by atoms with Crippen LogP contribution in [0.5, 0.6) is 5.75 Å². The fourth-order valence-electron chi connectivity index (χ4n) is 4.21. The lowest BCUT2D eigenvalue weighted by Gasteiger charge is -2.22. The number of imidazole rings is 1. The van der Waals surface area contributed by atoms with E-state index in [1.807, 2.05) is 58.8 Å². The summed E-state index contributed by atoms with van der Waals surface area (Å²) in [6, 6.07) is 12.8. The Bertz CT molecular complexity index is 1290. The second-order valence-corrected chi connectivity index (χ2v) is 7.99. The summed E-state index contributed by atoms with van der Waals surface area (Å²) in [5.74, 6) is 2.14. The van der Waals surface area contributed by atoms with E-state index in [0.29, 0.717) is 5.82 Å². The van der Waals surface area contributed by atoms with Crippen LogP contribution in [0.3, 0.4) is 0 Å². The molecule has 3 heterocycles. The maximum atomic E-state index is 13.7. The lowest BCUT2D eigenvalue weighted by molar-refractivity contribution is 0.413. The van der Waals surface area contributed by atoms with Crippen molar-refractivity contribution >= 4 is 12.2 Å². The summed E-state index contributed by atoms with van der Waals surface area (Å²) in [4.78, 5) is 9.05. The van der Waals surface area contributed by atoms with Gasteiger partial charge in [-0.15, -0.1) is 0 Å². The Morgan fingerprint density at radius 3 is 2.84 bits per heavy atom. The molecule has 0 N–H and O–H groups in total. The van der Waals surface area contributed by atoms with Crippen molar-refractivity contribution in [2.24, 2.45) is 0 Å². The number of ether oxygens (including phenoxy) is 1. The third-order valence-corrected chi connectivity index (χ3v) is 5.76. The maximum absolute atomic E-state index is 13.7. The van der Waals surface area contributed by atoms with Crippen LogP contribution in [0, 0.1) is 12.7 Å². The monoisotopic (exact) mass is 429 g/mol. The molecule has 1 unspecified atom stereocenters. The number of hydrogen-bond donors (Lipinski definition) is 0. The van der Waals surface area contributed by atoms with E-state index >= 15 is 0 Å². The Balaban J connectivity index is 1.41. The van der Waals surface area contributed by atoms with Crippen molar-refractivity contribution < 1.29 is 9.13 Å². The smallest absolute Gasteiger partial charge is 0.174 e. The SMILES string of the molecule is COc1cc(/C=C/c2nc3n(n2)CCCC3c2cccc(F)c2)ccc1-n1cnc(C)c1. The normalized spacial score (nSPS) is 15.8. The first-order valence-electron chi connectivity index (χ1n) is 10.7. The van der Waals surface area contributed by atoms with Crippen molar-refractivity contribution in [1.29, 1.82) is 0 Å². The number of benzene rings is 2. The van der Waals surface area contributed by atoms with Crippen LogP contribution in [0.1, 0.15) is 47.2 Å². The van der Waals surface area contributed by atoms with Gasteiger partial charge in [0.2, 0.25) is 0 Å². The first kappa shape index (κ1) is 20.2. The van der Waals surface area contributed by atoms with Crippen molar-refractivity contribution in [3.8, 4) is 11.4 Å². The molecule has 1 aliphatic rings. The van der Waals surface area contributed by atoms with Crippen molar-refractivity contribution in [2.45, 2.75) is 32.2 Å². The largest absolute Gasteiger partial charge is 0.495 e. The number of aromatic nitrogens is 5. The summed E-state index contributed by atoms with van der Waals surface area (Å²) in [5, 5.41) is 4.66. The van der Waals surface area contributed by atoms with Gasteiger partial charge in [0.25, 0.3) is 0 Å². The fourth-order valence-corrected chi connectivity index (χ4v) is 4.21. The van der Waals surface area contributed by atoms with Crippen LogP contribution < -0.4 is 4.74 Å². The molecule has 4 aromatic rings. The molecule has 7 heteroatoms. The molecule has 0 saturated heterocycles. The molecule has 162 valence electrons. The van der Waals surface area contributed by atoms with E-state index < -0.39 is 0 Å². The van der Waals surface area contributed by atoms with Gasteiger partial charge in [0, 0.05) is 18.7 Å². The summed E-state index contributed by atoms with van der Waals surface area (Å²) >= 11 is 0. The summed E-state index contributed by atoms with van der Waals surface area (Å²) in [6.45, 7) is 2.78. The molecule has 0 spiro atoms. The standard InChI is InChI=1S/C25H24FN5O/c1-17-15-30(16-27-17)22-10-8-18(13-23(22)32-2)9-11-24-28-25-21(7-4-12-31(25)29-24)19-5-3-6-20(26)14-19/h3,5-6,8-11,13-16,21H,4,7,12H2,1-2H3/b11-9+.